The summed E-state index contributed by atoms with van der Waals surface area (Å²) in [5.74, 6) is -0.166. The highest BCUT2D eigenvalue weighted by Gasteiger charge is 2.15. The van der Waals surface area contributed by atoms with Crippen molar-refractivity contribution < 1.29 is 4.79 Å². The molecule has 1 amide bonds. The number of rotatable bonds is 3. The minimum Gasteiger partial charge on any atom is -0.319 e. The zero-order valence-electron chi connectivity index (χ0n) is 11.9. The Balaban J connectivity index is 1.93. The first-order valence-electron chi connectivity index (χ1n) is 6.82. The zero-order chi connectivity index (χ0) is 15.5. The van der Waals surface area contributed by atoms with Gasteiger partial charge in [-0.25, -0.2) is 0 Å². The molecule has 3 rings (SSSR count). The largest absolute Gasteiger partial charge is 0.319 e. The van der Waals surface area contributed by atoms with Crippen LogP contribution >= 0.6 is 11.6 Å². The fraction of sp³-hybridized carbons (Fsp3) is 0.0588. The predicted molar refractivity (Wildman–Crippen MR) is 88.2 cm³/mol. The number of H-pyrrole nitrogens is 1. The van der Waals surface area contributed by atoms with Crippen LogP contribution < -0.4 is 5.32 Å². The third kappa shape index (κ3) is 2.87. The highest BCUT2D eigenvalue weighted by Crippen LogP contribution is 2.29. The number of aromatic amines is 1. The van der Waals surface area contributed by atoms with Crippen molar-refractivity contribution in [1.82, 2.24) is 10.2 Å². The van der Waals surface area contributed by atoms with Gasteiger partial charge in [0.1, 0.15) is 5.69 Å². The van der Waals surface area contributed by atoms with E-state index in [4.69, 9.17) is 11.6 Å². The van der Waals surface area contributed by atoms with Crippen molar-refractivity contribution in [3.05, 3.63) is 70.9 Å². The summed E-state index contributed by atoms with van der Waals surface area (Å²) < 4.78 is 0. The molecule has 0 aliphatic rings. The molecular weight excluding hydrogens is 298 g/mol. The maximum Gasteiger partial charge on any atom is 0.255 e. The van der Waals surface area contributed by atoms with Gasteiger partial charge >= 0.3 is 0 Å². The molecule has 0 aliphatic carbocycles. The zero-order valence-corrected chi connectivity index (χ0v) is 12.7. The van der Waals surface area contributed by atoms with Gasteiger partial charge in [-0.2, -0.15) is 5.10 Å². The summed E-state index contributed by atoms with van der Waals surface area (Å²) in [5, 5.41) is 10.8. The third-order valence-corrected chi connectivity index (χ3v) is 3.59. The number of aryl methyl sites for hydroxylation is 1. The number of hydrogen-bond donors (Lipinski definition) is 2. The van der Waals surface area contributed by atoms with Crippen LogP contribution in [-0.4, -0.2) is 16.1 Å². The van der Waals surface area contributed by atoms with Crippen LogP contribution in [0.25, 0.3) is 11.3 Å². The Bertz CT molecular complexity index is 795. The minimum absolute atomic E-state index is 0.166. The normalized spacial score (nSPS) is 10.5. The molecule has 110 valence electrons. The fourth-order valence-corrected chi connectivity index (χ4v) is 2.30. The molecule has 2 N–H and O–H groups in total. The number of anilines is 1. The molecule has 0 unspecified atom stereocenters. The van der Waals surface area contributed by atoms with Gasteiger partial charge in [-0.3, -0.25) is 9.89 Å². The lowest BCUT2D eigenvalue weighted by atomic mass is 10.1. The molecule has 0 saturated heterocycles. The van der Waals surface area contributed by atoms with Gasteiger partial charge in [0.25, 0.3) is 5.91 Å². The maximum absolute atomic E-state index is 12.3. The van der Waals surface area contributed by atoms with Gasteiger partial charge in [0.05, 0.1) is 11.4 Å². The van der Waals surface area contributed by atoms with Gasteiger partial charge < -0.3 is 5.32 Å². The second-order valence-corrected chi connectivity index (χ2v) is 5.34. The predicted octanol–water partition coefficient (Wildman–Crippen LogP) is 4.29. The Kier molecular flexibility index (Phi) is 3.94. The van der Waals surface area contributed by atoms with Crippen molar-refractivity contribution in [3.8, 4) is 11.3 Å². The molecule has 0 atom stereocenters. The number of carbonyl (C=O) groups excluding carboxylic acids is 1. The van der Waals surface area contributed by atoms with E-state index >= 15 is 0 Å². The number of carbonyl (C=O) groups is 1. The lowest BCUT2D eigenvalue weighted by Gasteiger charge is -2.07. The number of amides is 1. The molecule has 0 spiro atoms. The number of hydrogen-bond acceptors (Lipinski definition) is 2. The highest BCUT2D eigenvalue weighted by molar-refractivity contribution is 6.30. The molecule has 4 nitrogen and oxygen atoms in total. The first-order valence-corrected chi connectivity index (χ1v) is 7.20. The van der Waals surface area contributed by atoms with E-state index in [1.54, 1.807) is 24.3 Å². The van der Waals surface area contributed by atoms with Crippen LogP contribution in [0.3, 0.4) is 0 Å². The molecular formula is C17H14ClN3O. The number of benzene rings is 2. The smallest absolute Gasteiger partial charge is 0.255 e. The van der Waals surface area contributed by atoms with E-state index in [2.05, 4.69) is 15.5 Å². The Morgan fingerprint density at radius 1 is 1.09 bits per heavy atom. The Morgan fingerprint density at radius 2 is 1.77 bits per heavy atom. The topological polar surface area (TPSA) is 57.8 Å². The molecule has 2 aromatic carbocycles. The van der Waals surface area contributed by atoms with Crippen molar-refractivity contribution >= 4 is 23.2 Å². The molecule has 0 saturated carbocycles. The Hall–Kier alpha value is -2.59. The first kappa shape index (κ1) is 14.4. The van der Waals surface area contributed by atoms with Gasteiger partial charge in [0.2, 0.25) is 0 Å². The number of halogens is 1. The molecule has 0 aliphatic heterocycles. The first-order chi connectivity index (χ1) is 10.6. The average molecular weight is 312 g/mol. The minimum atomic E-state index is -0.166. The lowest BCUT2D eigenvalue weighted by Crippen LogP contribution is -2.12. The second-order valence-electron chi connectivity index (χ2n) is 4.90. The molecule has 3 aromatic rings. The van der Waals surface area contributed by atoms with Crippen molar-refractivity contribution in [3.63, 3.8) is 0 Å². The summed E-state index contributed by atoms with van der Waals surface area (Å²) in [6.45, 7) is 1.87. The van der Waals surface area contributed by atoms with Crippen LogP contribution in [-0.2, 0) is 0 Å². The average Bonchev–Trinajstić information content (AvgIpc) is 2.90. The maximum atomic E-state index is 12.3. The second kappa shape index (κ2) is 6.03. The summed E-state index contributed by atoms with van der Waals surface area (Å²) in [7, 11) is 0. The molecule has 0 fully saturated rings. The van der Waals surface area contributed by atoms with Crippen molar-refractivity contribution in [2.45, 2.75) is 6.92 Å². The van der Waals surface area contributed by atoms with E-state index in [1.165, 1.54) is 0 Å². The fourth-order valence-electron chi connectivity index (χ4n) is 2.17. The standard InChI is InChI=1S/C17H14ClN3O/c1-11-15(19-17(22)13-5-3-2-4-6-13)16(21-20-11)12-7-9-14(18)10-8-12/h2-10H,1H3,(H,19,22)(H,20,21). The van der Waals surface area contributed by atoms with E-state index < -0.39 is 0 Å². The third-order valence-electron chi connectivity index (χ3n) is 3.34. The molecule has 22 heavy (non-hydrogen) atoms. The van der Waals surface area contributed by atoms with E-state index in [0.29, 0.717) is 22.0 Å². The summed E-state index contributed by atoms with van der Waals surface area (Å²) in [4.78, 5) is 12.3. The summed E-state index contributed by atoms with van der Waals surface area (Å²) in [5.41, 5.74) is 3.66. The van der Waals surface area contributed by atoms with Crippen molar-refractivity contribution in [2.75, 3.05) is 5.32 Å². The number of aromatic nitrogens is 2. The van der Waals surface area contributed by atoms with Crippen molar-refractivity contribution in [1.29, 1.82) is 0 Å². The van der Waals surface area contributed by atoms with Crippen LogP contribution in [0.2, 0.25) is 5.02 Å². The van der Waals surface area contributed by atoms with E-state index in [-0.39, 0.29) is 5.91 Å². The van der Waals surface area contributed by atoms with Gasteiger partial charge in [0, 0.05) is 16.1 Å². The SMILES string of the molecule is Cc1[nH]nc(-c2ccc(Cl)cc2)c1NC(=O)c1ccccc1. The lowest BCUT2D eigenvalue weighted by molar-refractivity contribution is 0.102. The highest BCUT2D eigenvalue weighted by atomic mass is 35.5. The van der Waals surface area contributed by atoms with Crippen LogP contribution in [0.1, 0.15) is 16.1 Å². The summed E-state index contributed by atoms with van der Waals surface area (Å²) >= 11 is 5.91. The Labute approximate surface area is 133 Å². The van der Waals surface area contributed by atoms with Gasteiger partial charge in [-0.05, 0) is 31.2 Å². The van der Waals surface area contributed by atoms with E-state index in [0.717, 1.165) is 11.3 Å². The molecule has 0 radical (unpaired) electrons. The summed E-state index contributed by atoms with van der Waals surface area (Å²) in [6, 6.07) is 16.4. The number of nitrogens with one attached hydrogen (secondary N) is 2. The summed E-state index contributed by atoms with van der Waals surface area (Å²) in [6.07, 6.45) is 0. The van der Waals surface area contributed by atoms with Crippen LogP contribution in [0.4, 0.5) is 5.69 Å². The van der Waals surface area contributed by atoms with Crippen LogP contribution in [0.15, 0.2) is 54.6 Å². The monoisotopic (exact) mass is 311 g/mol. The Morgan fingerprint density at radius 3 is 2.45 bits per heavy atom. The molecule has 1 aromatic heterocycles. The van der Waals surface area contributed by atoms with Crippen molar-refractivity contribution in [2.24, 2.45) is 0 Å². The number of nitrogens with zero attached hydrogens (tertiary/aromatic N) is 1. The van der Waals surface area contributed by atoms with E-state index in [9.17, 15) is 4.79 Å². The van der Waals surface area contributed by atoms with Crippen LogP contribution in [0, 0.1) is 6.92 Å². The quantitative estimate of drug-likeness (QED) is 0.758. The van der Waals surface area contributed by atoms with Gasteiger partial charge in [0.15, 0.2) is 0 Å². The van der Waals surface area contributed by atoms with Gasteiger partial charge in [-0.1, -0.05) is 41.9 Å². The molecule has 5 heteroatoms. The van der Waals surface area contributed by atoms with Crippen LogP contribution in [0.5, 0.6) is 0 Å². The van der Waals surface area contributed by atoms with E-state index in [1.807, 2.05) is 37.3 Å². The molecule has 0 bridgehead atoms. The molecule has 1 heterocycles. The van der Waals surface area contributed by atoms with Gasteiger partial charge in [-0.15, -0.1) is 0 Å².